The van der Waals surface area contributed by atoms with Gasteiger partial charge in [-0.2, -0.15) is 4.98 Å². The Kier molecular flexibility index (Phi) is 3.42. The Morgan fingerprint density at radius 2 is 1.71 bits per heavy atom. The number of halogens is 1. The first-order valence-electron chi connectivity index (χ1n) is 7.41. The van der Waals surface area contributed by atoms with E-state index < -0.39 is 0 Å². The van der Waals surface area contributed by atoms with Crippen LogP contribution in [-0.2, 0) is 0 Å². The lowest BCUT2D eigenvalue weighted by atomic mass is 10.1. The van der Waals surface area contributed by atoms with Gasteiger partial charge >= 0.3 is 0 Å². The Bertz CT molecular complexity index is 994. The molecular formula is C18H13FN4O. The number of hydrogen-bond donors (Lipinski definition) is 1. The monoisotopic (exact) mass is 320 g/mol. The van der Waals surface area contributed by atoms with Gasteiger partial charge in [-0.1, -0.05) is 22.9 Å². The van der Waals surface area contributed by atoms with Crippen LogP contribution in [0.5, 0.6) is 0 Å². The van der Waals surface area contributed by atoms with Gasteiger partial charge in [0.15, 0.2) is 0 Å². The van der Waals surface area contributed by atoms with Crippen LogP contribution >= 0.6 is 0 Å². The Morgan fingerprint density at radius 1 is 0.958 bits per heavy atom. The summed E-state index contributed by atoms with van der Waals surface area (Å²) in [6.45, 7) is 2.03. The van der Waals surface area contributed by atoms with Crippen molar-refractivity contribution in [3.8, 4) is 11.3 Å². The number of nitrogens with one attached hydrogen (secondary N) is 1. The topological polar surface area (TPSA) is 63.8 Å². The molecule has 0 spiro atoms. The van der Waals surface area contributed by atoms with Crippen molar-refractivity contribution >= 4 is 22.6 Å². The number of anilines is 2. The van der Waals surface area contributed by atoms with Gasteiger partial charge in [-0.15, -0.1) is 0 Å². The normalized spacial score (nSPS) is 10.9. The van der Waals surface area contributed by atoms with E-state index in [1.807, 2.05) is 31.2 Å². The van der Waals surface area contributed by atoms with Gasteiger partial charge in [0, 0.05) is 11.3 Å². The average Bonchev–Trinajstić information content (AvgIpc) is 3.03. The van der Waals surface area contributed by atoms with Gasteiger partial charge in [0.05, 0.1) is 0 Å². The van der Waals surface area contributed by atoms with Gasteiger partial charge in [0.1, 0.15) is 29.0 Å². The summed E-state index contributed by atoms with van der Waals surface area (Å²) in [5.41, 5.74) is 3.74. The molecule has 0 radical (unpaired) electrons. The lowest BCUT2D eigenvalue weighted by Gasteiger charge is -2.07. The molecular weight excluding hydrogens is 307 g/mol. The first kappa shape index (κ1) is 14.3. The highest BCUT2D eigenvalue weighted by atomic mass is 19.1. The van der Waals surface area contributed by atoms with Crippen LogP contribution in [0.3, 0.4) is 0 Å². The maximum Gasteiger partial charge on any atom is 0.263 e. The molecule has 2 heterocycles. The zero-order valence-corrected chi connectivity index (χ0v) is 12.8. The first-order valence-corrected chi connectivity index (χ1v) is 7.41. The molecule has 0 saturated heterocycles. The number of hydrogen-bond acceptors (Lipinski definition) is 5. The zero-order valence-electron chi connectivity index (χ0n) is 12.8. The fourth-order valence-corrected chi connectivity index (χ4v) is 2.46. The third kappa shape index (κ3) is 2.58. The SMILES string of the molecule is Cc1ccc(Nc2ncnc3onc(-c4ccc(F)cc4)c23)cc1. The second kappa shape index (κ2) is 5.73. The average molecular weight is 320 g/mol. The van der Waals surface area contributed by atoms with E-state index in [1.165, 1.54) is 24.0 Å². The van der Waals surface area contributed by atoms with Crippen LogP contribution in [0.2, 0.25) is 0 Å². The van der Waals surface area contributed by atoms with Crippen molar-refractivity contribution in [1.82, 2.24) is 15.1 Å². The van der Waals surface area contributed by atoms with Crippen LogP contribution in [0.4, 0.5) is 15.9 Å². The van der Waals surface area contributed by atoms with Crippen LogP contribution in [-0.4, -0.2) is 15.1 Å². The molecule has 0 fully saturated rings. The molecule has 0 atom stereocenters. The molecule has 4 aromatic rings. The van der Waals surface area contributed by atoms with Crippen LogP contribution in [0, 0.1) is 12.7 Å². The van der Waals surface area contributed by atoms with Gasteiger partial charge in [0.25, 0.3) is 5.71 Å². The van der Waals surface area contributed by atoms with Gasteiger partial charge in [-0.05, 0) is 43.3 Å². The van der Waals surface area contributed by atoms with Crippen molar-refractivity contribution in [3.63, 3.8) is 0 Å². The first-order chi connectivity index (χ1) is 11.7. The smallest absolute Gasteiger partial charge is 0.263 e. The minimum atomic E-state index is -0.305. The number of nitrogens with zero attached hydrogens (tertiary/aromatic N) is 3. The Labute approximate surface area is 137 Å². The quantitative estimate of drug-likeness (QED) is 0.603. The predicted octanol–water partition coefficient (Wildman–Crippen LogP) is 4.48. The maximum atomic E-state index is 13.2. The molecule has 1 N–H and O–H groups in total. The highest BCUT2D eigenvalue weighted by molar-refractivity contribution is 5.98. The lowest BCUT2D eigenvalue weighted by Crippen LogP contribution is -1.95. The highest BCUT2D eigenvalue weighted by Gasteiger charge is 2.17. The summed E-state index contributed by atoms with van der Waals surface area (Å²) in [4.78, 5) is 8.41. The summed E-state index contributed by atoms with van der Waals surface area (Å²) >= 11 is 0. The third-order valence-electron chi connectivity index (χ3n) is 3.70. The number of fused-ring (bicyclic) bond motifs is 1. The van der Waals surface area contributed by atoms with E-state index in [9.17, 15) is 4.39 Å². The summed E-state index contributed by atoms with van der Waals surface area (Å²) in [7, 11) is 0. The van der Waals surface area contributed by atoms with Crippen LogP contribution in [0.1, 0.15) is 5.56 Å². The fourth-order valence-electron chi connectivity index (χ4n) is 2.46. The van der Waals surface area contributed by atoms with Gasteiger partial charge in [0.2, 0.25) is 0 Å². The molecule has 0 aliphatic rings. The summed E-state index contributed by atoms with van der Waals surface area (Å²) in [5.74, 6) is 0.283. The molecule has 0 unspecified atom stereocenters. The number of aromatic nitrogens is 3. The van der Waals surface area contributed by atoms with Crippen LogP contribution in [0.25, 0.3) is 22.4 Å². The highest BCUT2D eigenvalue weighted by Crippen LogP contribution is 2.32. The van der Waals surface area contributed by atoms with Gasteiger partial charge < -0.3 is 9.84 Å². The van der Waals surface area contributed by atoms with Crippen molar-refractivity contribution in [2.45, 2.75) is 6.92 Å². The number of rotatable bonds is 3. The van der Waals surface area contributed by atoms with E-state index in [1.54, 1.807) is 12.1 Å². The van der Waals surface area contributed by atoms with Gasteiger partial charge in [-0.3, -0.25) is 0 Å². The number of aryl methyl sites for hydroxylation is 1. The molecule has 5 nitrogen and oxygen atoms in total. The van der Waals surface area contributed by atoms with E-state index >= 15 is 0 Å². The maximum absolute atomic E-state index is 13.2. The molecule has 0 saturated carbocycles. The molecule has 0 aliphatic carbocycles. The molecule has 0 amide bonds. The molecule has 6 heteroatoms. The van der Waals surface area contributed by atoms with E-state index in [4.69, 9.17) is 4.52 Å². The second-order valence-corrected chi connectivity index (χ2v) is 5.43. The third-order valence-corrected chi connectivity index (χ3v) is 3.70. The zero-order chi connectivity index (χ0) is 16.5. The molecule has 4 rings (SSSR count). The van der Waals surface area contributed by atoms with Crippen molar-refractivity contribution in [2.75, 3.05) is 5.32 Å². The van der Waals surface area contributed by atoms with Crippen molar-refractivity contribution in [3.05, 3.63) is 66.2 Å². The van der Waals surface area contributed by atoms with E-state index in [0.29, 0.717) is 22.6 Å². The van der Waals surface area contributed by atoms with E-state index in [2.05, 4.69) is 20.4 Å². The minimum absolute atomic E-state index is 0.305. The lowest BCUT2D eigenvalue weighted by molar-refractivity contribution is 0.451. The molecule has 0 aliphatic heterocycles. The molecule has 2 aromatic carbocycles. The Hall–Kier alpha value is -3.28. The van der Waals surface area contributed by atoms with Crippen molar-refractivity contribution in [2.24, 2.45) is 0 Å². The van der Waals surface area contributed by atoms with Crippen LogP contribution < -0.4 is 5.32 Å². The second-order valence-electron chi connectivity index (χ2n) is 5.43. The largest absolute Gasteiger partial charge is 0.339 e. The number of benzene rings is 2. The summed E-state index contributed by atoms with van der Waals surface area (Å²) < 4.78 is 18.5. The van der Waals surface area contributed by atoms with E-state index in [-0.39, 0.29) is 5.82 Å². The Morgan fingerprint density at radius 3 is 2.46 bits per heavy atom. The summed E-state index contributed by atoms with van der Waals surface area (Å²) in [6.07, 6.45) is 1.42. The minimum Gasteiger partial charge on any atom is -0.339 e. The van der Waals surface area contributed by atoms with Crippen molar-refractivity contribution in [1.29, 1.82) is 0 Å². The molecule has 2 aromatic heterocycles. The molecule has 0 bridgehead atoms. The van der Waals surface area contributed by atoms with Gasteiger partial charge in [-0.25, -0.2) is 9.37 Å². The van der Waals surface area contributed by atoms with E-state index in [0.717, 1.165) is 11.3 Å². The van der Waals surface area contributed by atoms with Crippen molar-refractivity contribution < 1.29 is 8.91 Å². The predicted molar refractivity (Wildman–Crippen MR) is 89.5 cm³/mol. The van der Waals surface area contributed by atoms with Crippen LogP contribution in [0.15, 0.2) is 59.4 Å². The standard InChI is InChI=1S/C18H13FN4O/c1-11-2-8-14(9-3-11)22-17-15-16(12-4-6-13(19)7-5-12)23-24-18(15)21-10-20-17/h2-10H,1H3,(H,20,21,22). The fraction of sp³-hybridized carbons (Fsp3) is 0.0556. The Balaban J connectivity index is 1.82. The summed E-state index contributed by atoms with van der Waals surface area (Å²) in [6, 6.07) is 14.0. The molecule has 118 valence electrons. The molecule has 24 heavy (non-hydrogen) atoms. The summed E-state index contributed by atoms with van der Waals surface area (Å²) in [5, 5.41) is 7.99.